The zero-order valence-electron chi connectivity index (χ0n) is 19.6. The highest BCUT2D eigenvalue weighted by atomic mass is 19.1. The fourth-order valence-electron chi connectivity index (χ4n) is 4.15. The summed E-state index contributed by atoms with van der Waals surface area (Å²) in [6.07, 6.45) is 6.20. The lowest BCUT2D eigenvalue weighted by atomic mass is 10.0. The molecule has 1 atom stereocenters. The number of rotatable bonds is 7. The van der Waals surface area contributed by atoms with Crippen LogP contribution in [0.1, 0.15) is 65.2 Å². The fraction of sp³-hybridized carbons (Fsp3) is 0.269. The van der Waals surface area contributed by atoms with Gasteiger partial charge in [-0.1, -0.05) is 0 Å². The normalized spacial score (nSPS) is 14.2. The summed E-state index contributed by atoms with van der Waals surface area (Å²) in [5, 5.41) is 17.2. The van der Waals surface area contributed by atoms with Crippen LogP contribution in [-0.4, -0.2) is 38.1 Å². The van der Waals surface area contributed by atoms with Crippen molar-refractivity contribution >= 4 is 22.9 Å². The van der Waals surface area contributed by atoms with Crippen LogP contribution in [-0.2, 0) is 0 Å². The molecule has 1 aliphatic carbocycles. The van der Waals surface area contributed by atoms with Crippen molar-refractivity contribution < 1.29 is 23.8 Å². The number of hydrogen-bond acceptors (Lipinski definition) is 5. The van der Waals surface area contributed by atoms with Gasteiger partial charge in [0.15, 0.2) is 11.6 Å². The molecule has 1 saturated carbocycles. The SMILES string of the molecule is COc1ccn2c(C(C)=O)cc(C(=O)Nc3cc(C(C)O)cc(-c4cnn(C5CC5)c4)c3F)c2c1. The molecule has 0 saturated heterocycles. The maximum Gasteiger partial charge on any atom is 0.257 e. The Morgan fingerprint density at radius 2 is 2.03 bits per heavy atom. The zero-order chi connectivity index (χ0) is 24.9. The molecule has 0 spiro atoms. The third-order valence-corrected chi connectivity index (χ3v) is 6.24. The number of benzene rings is 1. The number of nitrogens with one attached hydrogen (secondary N) is 1. The van der Waals surface area contributed by atoms with E-state index >= 15 is 4.39 Å². The Labute approximate surface area is 200 Å². The Balaban J connectivity index is 1.56. The Morgan fingerprint density at radius 1 is 1.26 bits per heavy atom. The number of anilines is 1. The van der Waals surface area contributed by atoms with Crippen molar-refractivity contribution in [3.8, 4) is 16.9 Å². The molecule has 0 bridgehead atoms. The molecule has 1 unspecified atom stereocenters. The first-order chi connectivity index (χ1) is 16.8. The summed E-state index contributed by atoms with van der Waals surface area (Å²) in [7, 11) is 1.50. The van der Waals surface area contributed by atoms with Crippen LogP contribution < -0.4 is 10.1 Å². The van der Waals surface area contributed by atoms with Gasteiger partial charge in [-0.25, -0.2) is 4.39 Å². The highest BCUT2D eigenvalue weighted by Crippen LogP contribution is 2.37. The Kier molecular flexibility index (Phi) is 5.64. The van der Waals surface area contributed by atoms with Crippen LogP contribution in [0.15, 0.2) is 48.9 Å². The molecule has 9 heteroatoms. The molecule has 2 N–H and O–H groups in total. The van der Waals surface area contributed by atoms with E-state index in [4.69, 9.17) is 4.74 Å². The number of hydrogen-bond donors (Lipinski definition) is 2. The minimum atomic E-state index is -0.882. The van der Waals surface area contributed by atoms with Crippen molar-refractivity contribution in [1.82, 2.24) is 14.2 Å². The third-order valence-electron chi connectivity index (χ3n) is 6.24. The molecule has 0 aliphatic heterocycles. The van der Waals surface area contributed by atoms with Crippen molar-refractivity contribution in [2.75, 3.05) is 12.4 Å². The first-order valence-corrected chi connectivity index (χ1v) is 11.3. The third kappa shape index (κ3) is 4.19. The number of aliphatic hydroxyl groups is 1. The van der Waals surface area contributed by atoms with Crippen molar-refractivity contribution in [3.05, 3.63) is 71.6 Å². The van der Waals surface area contributed by atoms with Gasteiger partial charge in [0, 0.05) is 36.5 Å². The standard InChI is InChI=1S/C26H25FN4O4/c1-14(32)16-8-20(17-12-28-31(13-17)18-4-5-18)25(27)22(9-16)29-26(34)21-11-23(15(2)33)30-7-6-19(35-3)10-24(21)30/h6-14,18,32H,4-5H2,1-3H3,(H,29,34). The number of fused-ring (bicyclic) bond motifs is 1. The molecule has 1 fully saturated rings. The Hall–Kier alpha value is -3.98. The number of halogens is 1. The van der Waals surface area contributed by atoms with Gasteiger partial charge in [0.2, 0.25) is 0 Å². The van der Waals surface area contributed by atoms with E-state index in [1.54, 1.807) is 48.1 Å². The first-order valence-electron chi connectivity index (χ1n) is 11.3. The second-order valence-corrected chi connectivity index (χ2v) is 8.82. The summed E-state index contributed by atoms with van der Waals surface area (Å²) in [6.45, 7) is 2.98. The van der Waals surface area contributed by atoms with E-state index < -0.39 is 17.8 Å². The topological polar surface area (TPSA) is 97.9 Å². The van der Waals surface area contributed by atoms with E-state index in [0.717, 1.165) is 12.8 Å². The Bertz CT molecular complexity index is 1470. The average Bonchev–Trinajstić information content (AvgIpc) is 3.43. The van der Waals surface area contributed by atoms with Crippen LogP contribution in [0.4, 0.5) is 10.1 Å². The molecule has 8 nitrogen and oxygen atoms in total. The van der Waals surface area contributed by atoms with Crippen LogP contribution >= 0.6 is 0 Å². The molecular weight excluding hydrogens is 451 g/mol. The van der Waals surface area contributed by atoms with Gasteiger partial charge in [0.25, 0.3) is 5.91 Å². The summed E-state index contributed by atoms with van der Waals surface area (Å²) < 4.78 is 24.3. The van der Waals surface area contributed by atoms with Crippen LogP contribution in [0.25, 0.3) is 16.6 Å². The van der Waals surface area contributed by atoms with Crippen LogP contribution in [0, 0.1) is 5.82 Å². The predicted molar refractivity (Wildman–Crippen MR) is 128 cm³/mol. The lowest BCUT2D eigenvalue weighted by Gasteiger charge is -2.14. The number of aromatic nitrogens is 3. The lowest BCUT2D eigenvalue weighted by Crippen LogP contribution is -2.14. The van der Waals surface area contributed by atoms with Gasteiger partial charge >= 0.3 is 0 Å². The number of aliphatic hydroxyl groups excluding tert-OH is 1. The van der Waals surface area contributed by atoms with Crippen LogP contribution in [0.2, 0.25) is 0 Å². The van der Waals surface area contributed by atoms with Gasteiger partial charge in [-0.05, 0) is 49.6 Å². The first kappa shape index (κ1) is 22.8. The van der Waals surface area contributed by atoms with Crippen LogP contribution in [0.3, 0.4) is 0 Å². The summed E-state index contributed by atoms with van der Waals surface area (Å²) in [4.78, 5) is 25.5. The van der Waals surface area contributed by atoms with E-state index in [1.807, 2.05) is 4.68 Å². The van der Waals surface area contributed by atoms with Gasteiger partial charge < -0.3 is 19.6 Å². The quantitative estimate of drug-likeness (QED) is 0.374. The van der Waals surface area contributed by atoms with Crippen molar-refractivity contribution in [2.24, 2.45) is 0 Å². The van der Waals surface area contributed by atoms with E-state index in [2.05, 4.69) is 10.4 Å². The van der Waals surface area contributed by atoms with Gasteiger partial charge in [-0.3, -0.25) is 14.3 Å². The second-order valence-electron chi connectivity index (χ2n) is 8.82. The molecule has 5 rings (SSSR count). The van der Waals surface area contributed by atoms with E-state index in [-0.39, 0.29) is 22.6 Å². The molecule has 3 heterocycles. The van der Waals surface area contributed by atoms with Crippen molar-refractivity contribution in [2.45, 2.75) is 38.8 Å². The minimum absolute atomic E-state index is 0.0748. The maximum atomic E-state index is 15.7. The number of pyridine rings is 1. The maximum absolute atomic E-state index is 15.7. The predicted octanol–water partition coefficient (Wildman–Crippen LogP) is 4.79. The summed E-state index contributed by atoms with van der Waals surface area (Å²) in [5.41, 5.74) is 2.13. The van der Waals surface area contributed by atoms with Crippen molar-refractivity contribution in [3.63, 3.8) is 0 Å². The molecule has 180 valence electrons. The largest absolute Gasteiger partial charge is 0.497 e. The number of Topliss-reactive ketones (excluding diaryl/α,β-unsaturated/α-hetero) is 1. The highest BCUT2D eigenvalue weighted by Gasteiger charge is 2.26. The number of ketones is 1. The average molecular weight is 477 g/mol. The molecule has 4 aromatic rings. The molecule has 3 aromatic heterocycles. The van der Waals surface area contributed by atoms with E-state index in [0.29, 0.717) is 34.1 Å². The summed E-state index contributed by atoms with van der Waals surface area (Å²) in [6, 6.07) is 8.11. The zero-order valence-corrected chi connectivity index (χ0v) is 19.6. The monoisotopic (exact) mass is 476 g/mol. The fourth-order valence-corrected chi connectivity index (χ4v) is 4.15. The number of nitrogens with zero attached hydrogens (tertiary/aromatic N) is 3. The second kappa shape index (κ2) is 8.66. The van der Waals surface area contributed by atoms with Gasteiger partial charge in [-0.15, -0.1) is 0 Å². The molecule has 0 radical (unpaired) electrons. The summed E-state index contributed by atoms with van der Waals surface area (Å²) in [5.74, 6) is -0.936. The summed E-state index contributed by atoms with van der Waals surface area (Å²) >= 11 is 0. The highest BCUT2D eigenvalue weighted by molar-refractivity contribution is 6.11. The van der Waals surface area contributed by atoms with E-state index in [9.17, 15) is 14.7 Å². The molecular formula is C26H25FN4O4. The van der Waals surface area contributed by atoms with Crippen molar-refractivity contribution in [1.29, 1.82) is 0 Å². The number of ether oxygens (including phenoxy) is 1. The smallest absolute Gasteiger partial charge is 0.257 e. The molecule has 1 amide bonds. The number of carbonyl (C=O) groups excluding carboxylic acids is 2. The number of amides is 1. The molecule has 1 aliphatic rings. The van der Waals surface area contributed by atoms with E-state index in [1.165, 1.54) is 26.2 Å². The van der Waals surface area contributed by atoms with Gasteiger partial charge in [0.1, 0.15) is 5.75 Å². The van der Waals surface area contributed by atoms with Crippen LogP contribution in [0.5, 0.6) is 5.75 Å². The Morgan fingerprint density at radius 3 is 2.69 bits per heavy atom. The number of methoxy groups -OCH3 is 1. The van der Waals surface area contributed by atoms with Gasteiger partial charge in [-0.2, -0.15) is 5.10 Å². The molecule has 35 heavy (non-hydrogen) atoms. The number of carbonyl (C=O) groups is 2. The van der Waals surface area contributed by atoms with Gasteiger partial charge in [0.05, 0.1) is 47.9 Å². The molecule has 1 aromatic carbocycles. The minimum Gasteiger partial charge on any atom is -0.497 e. The lowest BCUT2D eigenvalue weighted by molar-refractivity contribution is 0.101.